The maximum absolute atomic E-state index is 12.1. The second-order valence-electron chi connectivity index (χ2n) is 5.82. The molecule has 0 fully saturated rings. The van der Waals surface area contributed by atoms with Gasteiger partial charge in [-0.1, -0.05) is 6.07 Å². The molecule has 1 aromatic carbocycles. The molecule has 7 heteroatoms. The largest absolute Gasteiger partial charge is 0.288 e. The summed E-state index contributed by atoms with van der Waals surface area (Å²) in [6.45, 7) is 0. The minimum Gasteiger partial charge on any atom is -0.288 e. The molecule has 7 nitrogen and oxygen atoms in total. The van der Waals surface area contributed by atoms with Crippen LogP contribution in [-0.4, -0.2) is 29.5 Å². The van der Waals surface area contributed by atoms with Crippen LogP contribution >= 0.6 is 0 Å². The van der Waals surface area contributed by atoms with E-state index in [2.05, 4.69) is 20.2 Å². The molecule has 0 aliphatic rings. The first-order valence-corrected chi connectivity index (χ1v) is 7.96. The molecule has 0 saturated carbocycles. The van der Waals surface area contributed by atoms with Crippen molar-refractivity contribution < 1.29 is 0 Å². The number of fused-ring (bicyclic) bond motifs is 1. The Labute approximate surface area is 143 Å². The van der Waals surface area contributed by atoms with Gasteiger partial charge >= 0.3 is 0 Å². The van der Waals surface area contributed by atoms with Crippen LogP contribution in [0, 0.1) is 0 Å². The van der Waals surface area contributed by atoms with Gasteiger partial charge in [0.25, 0.3) is 0 Å². The molecule has 0 amide bonds. The Morgan fingerprint density at radius 2 is 1.88 bits per heavy atom. The van der Waals surface area contributed by atoms with Crippen LogP contribution < -0.4 is 5.43 Å². The van der Waals surface area contributed by atoms with Gasteiger partial charge in [0.1, 0.15) is 11.4 Å². The van der Waals surface area contributed by atoms with Crippen LogP contribution in [0.5, 0.6) is 0 Å². The number of benzene rings is 1. The first-order valence-electron chi connectivity index (χ1n) is 7.96. The Balaban J connectivity index is 1.58. The van der Waals surface area contributed by atoms with Gasteiger partial charge in [-0.15, -0.1) is 0 Å². The van der Waals surface area contributed by atoms with Gasteiger partial charge in [0, 0.05) is 31.7 Å². The maximum atomic E-state index is 12.1. The fraction of sp³-hybridized carbons (Fsp3) is 0.167. The van der Waals surface area contributed by atoms with E-state index in [-0.39, 0.29) is 5.43 Å². The third-order valence-electron chi connectivity index (χ3n) is 4.02. The fourth-order valence-corrected chi connectivity index (χ4v) is 2.72. The van der Waals surface area contributed by atoms with Crippen LogP contribution in [0.15, 0.2) is 60.0 Å². The minimum atomic E-state index is -0.0549. The Morgan fingerprint density at radius 3 is 2.68 bits per heavy atom. The summed E-state index contributed by atoms with van der Waals surface area (Å²) in [7, 11) is 1.84. The molecule has 0 N–H and O–H groups in total. The highest BCUT2D eigenvalue weighted by molar-refractivity contribution is 5.74. The number of rotatable bonds is 4. The van der Waals surface area contributed by atoms with Crippen molar-refractivity contribution in [3.63, 3.8) is 0 Å². The van der Waals surface area contributed by atoms with Crippen LogP contribution in [0.4, 0.5) is 0 Å². The van der Waals surface area contributed by atoms with E-state index in [4.69, 9.17) is 0 Å². The van der Waals surface area contributed by atoms with Crippen LogP contribution in [0.3, 0.4) is 0 Å². The van der Waals surface area contributed by atoms with Gasteiger partial charge in [-0.25, -0.2) is 4.68 Å². The average Bonchev–Trinajstić information content (AvgIpc) is 3.07. The van der Waals surface area contributed by atoms with Crippen molar-refractivity contribution in [2.24, 2.45) is 7.05 Å². The molecule has 0 bridgehead atoms. The monoisotopic (exact) mass is 332 g/mol. The molecule has 25 heavy (non-hydrogen) atoms. The quantitative estimate of drug-likeness (QED) is 0.568. The highest BCUT2D eigenvalue weighted by atomic mass is 16.1. The normalized spacial score (nSPS) is 11.1. The van der Waals surface area contributed by atoms with E-state index in [1.807, 2.05) is 31.4 Å². The van der Waals surface area contributed by atoms with Crippen LogP contribution in [-0.2, 0) is 19.9 Å². The molecule has 4 aromatic rings. The van der Waals surface area contributed by atoms with Crippen molar-refractivity contribution in [2.75, 3.05) is 0 Å². The number of hydrogen-bond acceptors (Lipinski definition) is 5. The van der Waals surface area contributed by atoms with Crippen molar-refractivity contribution >= 4 is 11.0 Å². The zero-order valence-electron chi connectivity index (χ0n) is 13.7. The Morgan fingerprint density at radius 1 is 1.04 bits per heavy atom. The molecule has 0 radical (unpaired) electrons. The molecule has 0 aliphatic heterocycles. The molecule has 3 heterocycles. The molecule has 3 aromatic heterocycles. The highest BCUT2D eigenvalue weighted by Crippen LogP contribution is 2.12. The summed E-state index contributed by atoms with van der Waals surface area (Å²) < 4.78 is 3.38. The third-order valence-corrected chi connectivity index (χ3v) is 4.02. The zero-order chi connectivity index (χ0) is 17.2. The van der Waals surface area contributed by atoms with Crippen molar-refractivity contribution in [1.82, 2.24) is 29.5 Å². The minimum absolute atomic E-state index is 0.0549. The van der Waals surface area contributed by atoms with Crippen molar-refractivity contribution in [3.05, 3.63) is 76.7 Å². The second-order valence-corrected chi connectivity index (χ2v) is 5.82. The van der Waals surface area contributed by atoms with Crippen molar-refractivity contribution in [2.45, 2.75) is 12.8 Å². The topological polar surface area (TPSA) is 78.5 Å². The first-order chi connectivity index (χ1) is 12.2. The zero-order valence-corrected chi connectivity index (χ0v) is 13.7. The van der Waals surface area contributed by atoms with Crippen LogP contribution in [0.1, 0.15) is 11.3 Å². The summed E-state index contributed by atoms with van der Waals surface area (Å²) >= 11 is 0. The maximum Gasteiger partial charge on any atom is 0.203 e. The summed E-state index contributed by atoms with van der Waals surface area (Å²) in [4.78, 5) is 20.7. The highest BCUT2D eigenvalue weighted by Gasteiger charge is 2.07. The second kappa shape index (κ2) is 6.27. The van der Waals surface area contributed by atoms with Gasteiger partial charge in [0.05, 0.1) is 23.4 Å². The lowest BCUT2D eigenvalue weighted by atomic mass is 10.1. The fourth-order valence-electron chi connectivity index (χ4n) is 2.72. The van der Waals surface area contributed by atoms with Gasteiger partial charge in [0.2, 0.25) is 5.43 Å². The summed E-state index contributed by atoms with van der Waals surface area (Å²) in [6.07, 6.45) is 9.85. The lowest BCUT2D eigenvalue weighted by Gasteiger charge is -2.06. The summed E-state index contributed by atoms with van der Waals surface area (Å²) in [5.41, 5.74) is 4.12. The Kier molecular flexibility index (Phi) is 3.81. The van der Waals surface area contributed by atoms with E-state index >= 15 is 0 Å². The molecule has 0 unspecified atom stereocenters. The summed E-state index contributed by atoms with van der Waals surface area (Å²) in [6, 6.07) is 7.51. The summed E-state index contributed by atoms with van der Waals surface area (Å²) in [5.74, 6) is 0. The van der Waals surface area contributed by atoms with Gasteiger partial charge in [0.15, 0.2) is 0 Å². The molecule has 0 atom stereocenters. The molecular formula is C18H16N6O. The summed E-state index contributed by atoms with van der Waals surface area (Å²) in [5, 5.41) is 8.59. The van der Waals surface area contributed by atoms with E-state index in [9.17, 15) is 4.79 Å². The van der Waals surface area contributed by atoms with Gasteiger partial charge in [-0.3, -0.25) is 19.4 Å². The molecule has 0 aliphatic carbocycles. The molecule has 124 valence electrons. The first kappa shape index (κ1) is 15.2. The van der Waals surface area contributed by atoms with E-state index in [1.165, 1.54) is 0 Å². The number of aromatic nitrogens is 6. The predicted molar refractivity (Wildman–Crippen MR) is 93.5 cm³/mol. The van der Waals surface area contributed by atoms with Crippen LogP contribution in [0.25, 0.3) is 16.7 Å². The van der Waals surface area contributed by atoms with E-state index in [0.717, 1.165) is 22.3 Å². The number of hydrogen-bond donors (Lipinski definition) is 0. The standard InChI is InChI=1S/C18H16N6O/c1-23-12-14(11-21-23)24-9-6-18(25)16(22-24)5-3-13-2-4-15-17(10-13)20-8-7-19-15/h2,4,6-12H,3,5H2,1H3. The van der Waals surface area contributed by atoms with E-state index in [0.29, 0.717) is 18.5 Å². The smallest absolute Gasteiger partial charge is 0.203 e. The van der Waals surface area contributed by atoms with Crippen molar-refractivity contribution in [1.29, 1.82) is 0 Å². The van der Waals surface area contributed by atoms with Gasteiger partial charge < -0.3 is 0 Å². The molecular weight excluding hydrogens is 316 g/mol. The predicted octanol–water partition coefficient (Wildman–Crippen LogP) is 1.69. The average molecular weight is 332 g/mol. The van der Waals surface area contributed by atoms with Gasteiger partial charge in [-0.05, 0) is 30.5 Å². The van der Waals surface area contributed by atoms with Crippen molar-refractivity contribution in [3.8, 4) is 5.69 Å². The third kappa shape index (κ3) is 3.16. The lowest BCUT2D eigenvalue weighted by Crippen LogP contribution is -2.16. The molecule has 0 spiro atoms. The Hall–Kier alpha value is -3.35. The molecule has 0 saturated heterocycles. The van der Waals surface area contributed by atoms with Crippen LogP contribution in [0.2, 0.25) is 0 Å². The SMILES string of the molecule is Cn1cc(-n2ccc(=O)c(CCc3ccc4nccnc4c3)n2)cn1. The Bertz CT molecular complexity index is 1100. The number of aryl methyl sites for hydroxylation is 3. The van der Waals surface area contributed by atoms with Gasteiger partial charge in [-0.2, -0.15) is 10.2 Å². The lowest BCUT2D eigenvalue weighted by molar-refractivity contribution is 0.754. The molecule has 4 rings (SSSR count). The van der Waals surface area contributed by atoms with E-state index in [1.54, 1.807) is 40.2 Å². The number of nitrogens with zero attached hydrogens (tertiary/aromatic N) is 6. The van der Waals surface area contributed by atoms with E-state index < -0.39 is 0 Å².